The molecule has 0 spiro atoms. The maximum absolute atomic E-state index is 11.9. The van der Waals surface area contributed by atoms with Crippen molar-refractivity contribution >= 4 is 54.8 Å². The second-order valence-corrected chi connectivity index (χ2v) is 7.13. The van der Waals surface area contributed by atoms with E-state index in [4.69, 9.17) is 0 Å². The summed E-state index contributed by atoms with van der Waals surface area (Å²) in [6, 6.07) is 11.0. The molecule has 2 rings (SSSR count). The van der Waals surface area contributed by atoms with Gasteiger partial charge in [-0.05, 0) is 59.3 Å². The van der Waals surface area contributed by atoms with Crippen LogP contribution in [0.4, 0.5) is 0 Å². The number of nitrogens with one attached hydrogen (secondary N) is 1. The van der Waals surface area contributed by atoms with E-state index in [-0.39, 0.29) is 5.91 Å². The van der Waals surface area contributed by atoms with E-state index in [1.54, 1.807) is 23.5 Å². The van der Waals surface area contributed by atoms with Crippen molar-refractivity contribution < 1.29 is 4.79 Å². The highest BCUT2D eigenvalue weighted by molar-refractivity contribution is 9.11. The molecule has 1 N–H and O–H groups in total. The predicted octanol–water partition coefficient (Wildman–Crippen LogP) is 4.43. The zero-order valence-electron chi connectivity index (χ0n) is 9.98. The van der Waals surface area contributed by atoms with Gasteiger partial charge in [0.15, 0.2) is 0 Å². The van der Waals surface area contributed by atoms with Crippen LogP contribution in [0.2, 0.25) is 0 Å². The predicted molar refractivity (Wildman–Crippen MR) is 85.8 cm³/mol. The van der Waals surface area contributed by atoms with Gasteiger partial charge in [0.1, 0.15) is 0 Å². The van der Waals surface area contributed by atoms with Crippen LogP contribution in [0.15, 0.2) is 49.8 Å². The Morgan fingerprint density at radius 1 is 1.16 bits per heavy atom. The number of rotatable bonds is 3. The molecule has 1 aromatic heterocycles. The Kier molecular flexibility index (Phi) is 4.90. The van der Waals surface area contributed by atoms with Gasteiger partial charge in [0.2, 0.25) is 0 Å². The van der Waals surface area contributed by atoms with E-state index in [9.17, 15) is 4.79 Å². The van der Waals surface area contributed by atoms with Crippen molar-refractivity contribution in [3.63, 3.8) is 0 Å². The van der Waals surface area contributed by atoms with Crippen LogP contribution in [0, 0.1) is 0 Å². The Morgan fingerprint density at radius 2 is 1.84 bits per heavy atom. The fraction of sp³-hybridized carbons (Fsp3) is 0.0769. The minimum absolute atomic E-state index is 0.220. The van der Waals surface area contributed by atoms with Crippen LogP contribution in [-0.4, -0.2) is 11.6 Å². The van der Waals surface area contributed by atoms with Crippen LogP contribution in [0.25, 0.3) is 0 Å². The molecular weight excluding hydrogens is 392 g/mol. The number of hydrazone groups is 1. The van der Waals surface area contributed by atoms with Crippen molar-refractivity contribution in [1.29, 1.82) is 0 Å². The van der Waals surface area contributed by atoms with E-state index >= 15 is 0 Å². The molecule has 0 aliphatic heterocycles. The summed E-state index contributed by atoms with van der Waals surface area (Å²) in [5.41, 5.74) is 3.91. The number of nitrogens with zero attached hydrogens (tertiary/aromatic N) is 1. The second kappa shape index (κ2) is 6.45. The van der Waals surface area contributed by atoms with Crippen LogP contribution in [0.3, 0.4) is 0 Å². The Labute approximate surface area is 132 Å². The van der Waals surface area contributed by atoms with Crippen LogP contribution in [-0.2, 0) is 0 Å². The lowest BCUT2D eigenvalue weighted by Gasteiger charge is -2.01. The molecule has 98 valence electrons. The van der Waals surface area contributed by atoms with Crippen molar-refractivity contribution in [2.45, 2.75) is 6.92 Å². The molecule has 2 aromatic rings. The number of carbonyl (C=O) groups is 1. The van der Waals surface area contributed by atoms with Gasteiger partial charge >= 0.3 is 0 Å². The highest BCUT2D eigenvalue weighted by atomic mass is 79.9. The van der Waals surface area contributed by atoms with E-state index in [0.717, 1.165) is 18.8 Å². The van der Waals surface area contributed by atoms with Gasteiger partial charge in [-0.2, -0.15) is 5.10 Å². The van der Waals surface area contributed by atoms with Gasteiger partial charge in [-0.25, -0.2) is 5.43 Å². The van der Waals surface area contributed by atoms with Crippen LogP contribution >= 0.6 is 43.2 Å². The molecule has 1 amide bonds. The number of hydrogen-bond acceptors (Lipinski definition) is 3. The topological polar surface area (TPSA) is 41.5 Å². The largest absolute Gasteiger partial charge is 0.271 e. The van der Waals surface area contributed by atoms with E-state index in [0.29, 0.717) is 5.56 Å². The van der Waals surface area contributed by atoms with Crippen molar-refractivity contribution in [3.8, 4) is 0 Å². The molecule has 0 fully saturated rings. The smallest absolute Gasteiger partial charge is 0.267 e. The molecular formula is C13H10Br2N2OS. The minimum atomic E-state index is -0.220. The highest BCUT2D eigenvalue weighted by Gasteiger charge is 2.05. The van der Waals surface area contributed by atoms with Gasteiger partial charge in [0, 0.05) is 10.0 Å². The fourth-order valence-electron chi connectivity index (χ4n) is 1.36. The summed E-state index contributed by atoms with van der Waals surface area (Å²) < 4.78 is 1.98. The summed E-state index contributed by atoms with van der Waals surface area (Å²) in [5.74, 6) is -0.220. The van der Waals surface area contributed by atoms with E-state index in [1.807, 2.05) is 31.2 Å². The van der Waals surface area contributed by atoms with Crippen LogP contribution in [0.1, 0.15) is 22.2 Å². The molecule has 6 heteroatoms. The monoisotopic (exact) mass is 400 g/mol. The molecule has 0 radical (unpaired) electrons. The summed E-state index contributed by atoms with van der Waals surface area (Å²) in [4.78, 5) is 12.9. The molecule has 0 atom stereocenters. The zero-order valence-corrected chi connectivity index (χ0v) is 14.0. The van der Waals surface area contributed by atoms with E-state index in [1.165, 1.54) is 0 Å². The molecule has 3 nitrogen and oxygen atoms in total. The number of halogens is 2. The zero-order chi connectivity index (χ0) is 13.8. The lowest BCUT2D eigenvalue weighted by molar-refractivity contribution is 0.0955. The van der Waals surface area contributed by atoms with E-state index < -0.39 is 0 Å². The number of amides is 1. The van der Waals surface area contributed by atoms with Gasteiger partial charge < -0.3 is 0 Å². The maximum Gasteiger partial charge on any atom is 0.271 e. The molecule has 0 saturated heterocycles. The van der Waals surface area contributed by atoms with Crippen molar-refractivity contribution in [3.05, 3.63) is 55.1 Å². The Balaban J connectivity index is 2.05. The maximum atomic E-state index is 11.9. The molecule has 0 unspecified atom stereocenters. The molecule has 0 saturated carbocycles. The van der Waals surface area contributed by atoms with Crippen molar-refractivity contribution in [2.24, 2.45) is 5.10 Å². The third-order valence-corrected chi connectivity index (χ3v) is 4.62. The van der Waals surface area contributed by atoms with Gasteiger partial charge in [-0.3, -0.25) is 4.79 Å². The third-order valence-electron chi connectivity index (χ3n) is 2.36. The first kappa shape index (κ1) is 14.4. The highest BCUT2D eigenvalue weighted by Crippen LogP contribution is 2.22. The Bertz CT molecular complexity index is 620. The lowest BCUT2D eigenvalue weighted by Crippen LogP contribution is -2.18. The molecule has 0 aliphatic rings. The summed E-state index contributed by atoms with van der Waals surface area (Å²) in [6.45, 7) is 1.86. The van der Waals surface area contributed by atoms with Gasteiger partial charge in [0.25, 0.3) is 5.91 Å². The standard InChI is InChI=1S/C13H10Br2N2OS/c1-8(11-6-7-12(15)19-11)16-17-13(18)9-2-4-10(14)5-3-9/h2-7H,1H3,(H,17,18)/b16-8-. The minimum Gasteiger partial charge on any atom is -0.267 e. The molecule has 1 aromatic carbocycles. The van der Waals surface area contributed by atoms with Crippen molar-refractivity contribution in [1.82, 2.24) is 5.43 Å². The van der Waals surface area contributed by atoms with Crippen LogP contribution in [0.5, 0.6) is 0 Å². The van der Waals surface area contributed by atoms with Gasteiger partial charge in [-0.15, -0.1) is 11.3 Å². The molecule has 19 heavy (non-hydrogen) atoms. The average Bonchev–Trinajstić information content (AvgIpc) is 2.83. The SMILES string of the molecule is C/C(=N/NC(=O)c1ccc(Br)cc1)c1ccc(Br)s1. The first-order chi connectivity index (χ1) is 9.06. The van der Waals surface area contributed by atoms with Crippen molar-refractivity contribution in [2.75, 3.05) is 0 Å². The first-order valence-electron chi connectivity index (χ1n) is 5.42. The lowest BCUT2D eigenvalue weighted by atomic mass is 10.2. The Morgan fingerprint density at radius 3 is 2.42 bits per heavy atom. The molecule has 1 heterocycles. The number of hydrogen-bond donors (Lipinski definition) is 1. The third kappa shape index (κ3) is 3.99. The van der Waals surface area contributed by atoms with Crippen LogP contribution < -0.4 is 5.43 Å². The summed E-state index contributed by atoms with van der Waals surface area (Å²) in [6.07, 6.45) is 0. The first-order valence-corrected chi connectivity index (χ1v) is 7.82. The number of thiophene rings is 1. The molecule has 0 aliphatic carbocycles. The summed E-state index contributed by atoms with van der Waals surface area (Å²) >= 11 is 8.30. The van der Waals surface area contributed by atoms with E-state index in [2.05, 4.69) is 42.4 Å². The normalized spacial score (nSPS) is 11.4. The molecule has 0 bridgehead atoms. The fourth-order valence-corrected chi connectivity index (χ4v) is 2.96. The van der Waals surface area contributed by atoms with Gasteiger partial charge in [0.05, 0.1) is 14.4 Å². The van der Waals surface area contributed by atoms with Gasteiger partial charge in [-0.1, -0.05) is 15.9 Å². The Hall–Kier alpha value is -0.980. The second-order valence-electron chi connectivity index (χ2n) is 3.75. The summed E-state index contributed by atoms with van der Waals surface area (Å²) in [7, 11) is 0. The summed E-state index contributed by atoms with van der Waals surface area (Å²) in [5, 5.41) is 4.10. The number of carbonyl (C=O) groups excluding carboxylic acids is 1. The average molecular weight is 402 g/mol. The quantitative estimate of drug-likeness (QED) is 0.599. The number of benzene rings is 1.